The molecule has 1 fully saturated rings. The van der Waals surface area contributed by atoms with Crippen LogP contribution in [0, 0.1) is 16.7 Å². The van der Waals surface area contributed by atoms with Crippen molar-refractivity contribution in [2.45, 2.75) is 59.3 Å². The Hall–Kier alpha value is -2.83. The number of hydrogen-bond donors (Lipinski definition) is 1. The minimum absolute atomic E-state index is 0.0801. The molecule has 0 aromatic heterocycles. The molecular formula is C26H34O7. The fourth-order valence-corrected chi connectivity index (χ4v) is 5.23. The Morgan fingerprint density at radius 3 is 1.76 bits per heavy atom. The fourth-order valence-electron chi connectivity index (χ4n) is 5.23. The van der Waals surface area contributed by atoms with Gasteiger partial charge in [0.05, 0.1) is 27.2 Å². The van der Waals surface area contributed by atoms with E-state index in [1.54, 1.807) is 12.1 Å². The van der Waals surface area contributed by atoms with Gasteiger partial charge in [-0.25, -0.2) is 0 Å². The third-order valence-electron chi connectivity index (χ3n) is 6.61. The lowest BCUT2D eigenvalue weighted by atomic mass is 9.62. The van der Waals surface area contributed by atoms with E-state index in [1.807, 2.05) is 27.7 Å². The Labute approximate surface area is 195 Å². The highest BCUT2D eigenvalue weighted by atomic mass is 16.5. The minimum atomic E-state index is -1.09. The monoisotopic (exact) mass is 458 g/mol. The van der Waals surface area contributed by atoms with Gasteiger partial charge in [0.1, 0.15) is 23.1 Å². The van der Waals surface area contributed by atoms with Crippen LogP contribution in [0.2, 0.25) is 0 Å². The number of ether oxygens (including phenoxy) is 3. The van der Waals surface area contributed by atoms with Crippen molar-refractivity contribution in [2.75, 3.05) is 21.3 Å². The average Bonchev–Trinajstić information content (AvgIpc) is 2.68. The summed E-state index contributed by atoms with van der Waals surface area (Å²) in [5.41, 5.74) is -0.312. The largest absolute Gasteiger partial charge is 0.512 e. The number of Topliss-reactive ketones (excluding diaryl/α,β-unsaturated/α-hetero) is 3. The number of carbonyl (C=O) groups is 3. The molecule has 0 bridgehead atoms. The van der Waals surface area contributed by atoms with Gasteiger partial charge < -0.3 is 19.3 Å². The van der Waals surface area contributed by atoms with Crippen LogP contribution in [0.4, 0.5) is 0 Å². The molecule has 1 aromatic rings. The molecule has 1 atom stereocenters. The smallest absolute Gasteiger partial charge is 0.164 e. The maximum absolute atomic E-state index is 13.4. The van der Waals surface area contributed by atoms with Crippen LogP contribution < -0.4 is 14.2 Å². The molecule has 2 aliphatic rings. The molecule has 180 valence electrons. The minimum Gasteiger partial charge on any atom is -0.512 e. The van der Waals surface area contributed by atoms with E-state index in [0.29, 0.717) is 22.8 Å². The van der Waals surface area contributed by atoms with Crippen LogP contribution in [0.3, 0.4) is 0 Å². The number of aliphatic hydroxyl groups excluding tert-OH is 1. The number of allylic oxidation sites excluding steroid dienone is 2. The molecule has 0 aliphatic heterocycles. The number of benzene rings is 1. The van der Waals surface area contributed by atoms with Crippen molar-refractivity contribution in [3.8, 4) is 17.2 Å². The van der Waals surface area contributed by atoms with E-state index in [4.69, 9.17) is 14.2 Å². The molecule has 7 nitrogen and oxygen atoms in total. The van der Waals surface area contributed by atoms with Crippen LogP contribution in [0.25, 0.3) is 0 Å². The van der Waals surface area contributed by atoms with Gasteiger partial charge in [-0.3, -0.25) is 14.4 Å². The number of carbonyl (C=O) groups excluding carboxylic acids is 3. The van der Waals surface area contributed by atoms with E-state index in [2.05, 4.69) is 0 Å². The molecule has 1 aromatic carbocycles. The lowest BCUT2D eigenvalue weighted by Gasteiger charge is -2.39. The summed E-state index contributed by atoms with van der Waals surface area (Å²) in [6.45, 7) is 7.58. The molecular weight excluding hydrogens is 424 g/mol. The number of hydrogen-bond acceptors (Lipinski definition) is 7. The normalized spacial score (nSPS) is 21.7. The van der Waals surface area contributed by atoms with E-state index in [9.17, 15) is 19.5 Å². The summed E-state index contributed by atoms with van der Waals surface area (Å²) in [4.78, 5) is 40.1. The Morgan fingerprint density at radius 2 is 1.27 bits per heavy atom. The van der Waals surface area contributed by atoms with Crippen molar-refractivity contribution < 1.29 is 33.7 Å². The van der Waals surface area contributed by atoms with Gasteiger partial charge in [-0.05, 0) is 16.9 Å². The standard InChI is InChI=1S/C26H34O7/c1-25(2)10-15(27)23(16(28)11-25)22(24-17(29)12-26(3,4)13-18(24)30)14-8-20(32-6)21(33-7)9-19(14)31-5/h8-9,22-23,29H,10-13H2,1-7H3. The second-order valence-corrected chi connectivity index (χ2v) is 10.7. The van der Waals surface area contributed by atoms with Crippen molar-refractivity contribution in [3.63, 3.8) is 0 Å². The molecule has 33 heavy (non-hydrogen) atoms. The van der Waals surface area contributed by atoms with Crippen molar-refractivity contribution in [1.82, 2.24) is 0 Å². The average molecular weight is 459 g/mol. The highest BCUT2D eigenvalue weighted by Gasteiger charge is 2.49. The topological polar surface area (TPSA) is 99.1 Å². The summed E-state index contributed by atoms with van der Waals surface area (Å²) in [5.74, 6) is -1.76. The van der Waals surface area contributed by atoms with Gasteiger partial charge in [-0.2, -0.15) is 0 Å². The van der Waals surface area contributed by atoms with Crippen molar-refractivity contribution in [1.29, 1.82) is 0 Å². The van der Waals surface area contributed by atoms with Crippen LogP contribution in [0.15, 0.2) is 23.5 Å². The van der Waals surface area contributed by atoms with Crippen molar-refractivity contribution in [2.24, 2.45) is 16.7 Å². The maximum Gasteiger partial charge on any atom is 0.164 e. The number of ketones is 3. The van der Waals surface area contributed by atoms with E-state index in [1.165, 1.54) is 21.3 Å². The summed E-state index contributed by atoms with van der Waals surface area (Å²) in [7, 11) is 4.44. The van der Waals surface area contributed by atoms with Crippen LogP contribution in [-0.2, 0) is 14.4 Å². The van der Waals surface area contributed by atoms with Crippen molar-refractivity contribution >= 4 is 17.3 Å². The molecule has 1 saturated carbocycles. The van der Waals surface area contributed by atoms with Crippen LogP contribution in [-0.4, -0.2) is 43.8 Å². The first kappa shape index (κ1) is 24.8. The van der Waals surface area contributed by atoms with Gasteiger partial charge in [-0.1, -0.05) is 27.7 Å². The third-order valence-corrected chi connectivity index (χ3v) is 6.61. The summed E-state index contributed by atoms with van der Waals surface area (Å²) >= 11 is 0. The summed E-state index contributed by atoms with van der Waals surface area (Å²) in [6, 6.07) is 3.24. The first-order valence-electron chi connectivity index (χ1n) is 11.1. The molecule has 2 aliphatic carbocycles. The zero-order valence-corrected chi connectivity index (χ0v) is 20.5. The quantitative estimate of drug-likeness (QED) is 0.623. The highest BCUT2D eigenvalue weighted by Crippen LogP contribution is 2.50. The van der Waals surface area contributed by atoms with Gasteiger partial charge in [0.25, 0.3) is 0 Å². The third kappa shape index (κ3) is 4.77. The van der Waals surface area contributed by atoms with E-state index in [-0.39, 0.29) is 54.4 Å². The van der Waals surface area contributed by atoms with E-state index >= 15 is 0 Å². The number of aliphatic hydroxyl groups is 1. The van der Waals surface area contributed by atoms with Gasteiger partial charge >= 0.3 is 0 Å². The van der Waals surface area contributed by atoms with E-state index in [0.717, 1.165) is 0 Å². The second kappa shape index (κ2) is 8.84. The Balaban J connectivity index is 2.29. The van der Waals surface area contributed by atoms with Gasteiger partial charge in [0, 0.05) is 48.8 Å². The number of methoxy groups -OCH3 is 3. The second-order valence-electron chi connectivity index (χ2n) is 10.7. The van der Waals surface area contributed by atoms with Gasteiger partial charge in [0.2, 0.25) is 0 Å². The highest BCUT2D eigenvalue weighted by molar-refractivity contribution is 6.09. The lowest BCUT2D eigenvalue weighted by Crippen LogP contribution is -2.43. The molecule has 0 amide bonds. The maximum atomic E-state index is 13.4. The molecule has 7 heteroatoms. The van der Waals surface area contributed by atoms with Gasteiger partial charge in [0.15, 0.2) is 17.3 Å². The molecule has 0 saturated heterocycles. The summed E-state index contributed by atoms with van der Waals surface area (Å²) in [6.07, 6.45) is 0.909. The number of rotatable bonds is 6. The SMILES string of the molecule is COc1cc(OC)c(C(C2=C(O)CC(C)(C)CC2=O)C2C(=O)CC(C)(C)CC2=O)cc1OC. The van der Waals surface area contributed by atoms with Crippen LogP contribution in [0.1, 0.15) is 64.9 Å². The molecule has 3 rings (SSSR count). The predicted molar refractivity (Wildman–Crippen MR) is 123 cm³/mol. The molecule has 0 spiro atoms. The van der Waals surface area contributed by atoms with Crippen LogP contribution in [0.5, 0.6) is 17.2 Å². The Morgan fingerprint density at radius 1 is 0.788 bits per heavy atom. The Bertz CT molecular complexity index is 996. The van der Waals surface area contributed by atoms with Crippen molar-refractivity contribution in [3.05, 3.63) is 29.0 Å². The lowest BCUT2D eigenvalue weighted by molar-refractivity contribution is -0.140. The molecule has 1 N–H and O–H groups in total. The first-order valence-corrected chi connectivity index (χ1v) is 11.1. The zero-order chi connectivity index (χ0) is 24.7. The molecule has 1 unspecified atom stereocenters. The first-order chi connectivity index (χ1) is 15.3. The van der Waals surface area contributed by atoms with E-state index < -0.39 is 22.7 Å². The summed E-state index contributed by atoms with van der Waals surface area (Å²) in [5, 5.41) is 11.0. The Kier molecular flexibility index (Phi) is 6.65. The zero-order valence-electron chi connectivity index (χ0n) is 20.5. The predicted octanol–water partition coefficient (Wildman–Crippen LogP) is 4.57. The van der Waals surface area contributed by atoms with Crippen LogP contribution >= 0.6 is 0 Å². The van der Waals surface area contributed by atoms with Gasteiger partial charge in [-0.15, -0.1) is 0 Å². The fraction of sp³-hybridized carbons (Fsp3) is 0.577. The summed E-state index contributed by atoms with van der Waals surface area (Å²) < 4.78 is 16.4. The molecule has 0 radical (unpaired) electrons. The molecule has 0 heterocycles.